The van der Waals surface area contributed by atoms with Gasteiger partial charge in [0.2, 0.25) is 0 Å². The van der Waals surface area contributed by atoms with Gasteiger partial charge in [-0.15, -0.1) is 0 Å². The molecule has 0 saturated carbocycles. The second-order valence-electron chi connectivity index (χ2n) is 4.60. The number of sulfonamides is 1. The Morgan fingerprint density at radius 2 is 1.71 bits per heavy atom. The fourth-order valence-electron chi connectivity index (χ4n) is 1.79. The van der Waals surface area contributed by atoms with Crippen molar-refractivity contribution in [3.63, 3.8) is 0 Å². The molecule has 110 valence electrons. The van der Waals surface area contributed by atoms with E-state index in [9.17, 15) is 17.6 Å². The van der Waals surface area contributed by atoms with Gasteiger partial charge in [0, 0.05) is 11.1 Å². The molecule has 0 unspecified atom stereocenters. The summed E-state index contributed by atoms with van der Waals surface area (Å²) in [5.41, 5.74) is 0.836. The van der Waals surface area contributed by atoms with Gasteiger partial charge in [0.25, 0.3) is 10.0 Å². The molecule has 21 heavy (non-hydrogen) atoms. The molecule has 0 atom stereocenters. The zero-order chi connectivity index (χ0) is 15.6. The summed E-state index contributed by atoms with van der Waals surface area (Å²) in [6.07, 6.45) is 0. The number of ketones is 1. The van der Waals surface area contributed by atoms with E-state index >= 15 is 0 Å². The Morgan fingerprint density at radius 3 is 2.29 bits per heavy atom. The maximum absolute atomic E-state index is 13.4. The molecule has 0 radical (unpaired) electrons. The van der Waals surface area contributed by atoms with Gasteiger partial charge in [0.05, 0.1) is 10.6 Å². The molecule has 2 rings (SSSR count). The molecule has 0 aliphatic rings. The summed E-state index contributed by atoms with van der Waals surface area (Å²) in [5, 5.41) is 0. The number of nitrogens with one attached hydrogen (secondary N) is 1. The van der Waals surface area contributed by atoms with E-state index in [1.807, 2.05) is 0 Å². The van der Waals surface area contributed by atoms with Crippen LogP contribution < -0.4 is 4.72 Å². The highest BCUT2D eigenvalue weighted by molar-refractivity contribution is 7.92. The topological polar surface area (TPSA) is 63.2 Å². The number of Topliss-reactive ketones (excluding diaryl/α,β-unsaturated/α-hetero) is 1. The lowest BCUT2D eigenvalue weighted by atomic mass is 10.2. The molecule has 2 aromatic carbocycles. The van der Waals surface area contributed by atoms with Crippen LogP contribution in [-0.4, -0.2) is 14.2 Å². The molecular formula is C15H14FNO3S. The molecule has 6 heteroatoms. The number of carbonyl (C=O) groups excluding carboxylic acids is 1. The molecule has 0 heterocycles. The van der Waals surface area contributed by atoms with Gasteiger partial charge in [-0.25, -0.2) is 12.8 Å². The molecule has 1 N–H and O–H groups in total. The average molecular weight is 307 g/mol. The third-order valence-electron chi connectivity index (χ3n) is 3.08. The van der Waals surface area contributed by atoms with Crippen molar-refractivity contribution in [1.29, 1.82) is 0 Å². The number of halogens is 1. The Bertz CT molecular complexity index is 783. The minimum atomic E-state index is -3.82. The number of benzene rings is 2. The summed E-state index contributed by atoms with van der Waals surface area (Å²) in [4.78, 5) is 11.2. The van der Waals surface area contributed by atoms with E-state index in [1.54, 1.807) is 0 Å². The first-order valence-corrected chi connectivity index (χ1v) is 7.68. The van der Waals surface area contributed by atoms with Crippen molar-refractivity contribution in [1.82, 2.24) is 0 Å². The van der Waals surface area contributed by atoms with E-state index in [2.05, 4.69) is 4.72 Å². The monoisotopic (exact) mass is 307 g/mol. The van der Waals surface area contributed by atoms with Crippen LogP contribution in [0.4, 0.5) is 10.1 Å². The Labute approximate surface area is 122 Å². The third-order valence-corrected chi connectivity index (χ3v) is 4.46. The molecule has 4 nitrogen and oxygen atoms in total. The molecular weight excluding hydrogens is 293 g/mol. The lowest BCUT2D eigenvalue weighted by Gasteiger charge is -2.11. The molecule has 2 aromatic rings. The molecule has 0 saturated heterocycles. The first kappa shape index (κ1) is 15.2. The first-order valence-electron chi connectivity index (χ1n) is 6.20. The summed E-state index contributed by atoms with van der Waals surface area (Å²) in [7, 11) is -3.82. The minimum absolute atomic E-state index is 0.0103. The van der Waals surface area contributed by atoms with Gasteiger partial charge in [-0.1, -0.05) is 18.2 Å². The van der Waals surface area contributed by atoms with E-state index in [-0.39, 0.29) is 21.9 Å². The van der Waals surface area contributed by atoms with Crippen LogP contribution in [0, 0.1) is 12.7 Å². The van der Waals surface area contributed by atoms with Gasteiger partial charge in [-0.2, -0.15) is 0 Å². The molecule has 0 fully saturated rings. The van der Waals surface area contributed by atoms with Crippen molar-refractivity contribution in [2.75, 3.05) is 4.72 Å². The highest BCUT2D eigenvalue weighted by atomic mass is 32.2. The van der Waals surface area contributed by atoms with Gasteiger partial charge in [-0.3, -0.25) is 9.52 Å². The van der Waals surface area contributed by atoms with Crippen molar-refractivity contribution in [3.8, 4) is 0 Å². The standard InChI is InChI=1S/C15H14FNO3S/c1-10-14(16)4-3-5-15(10)17-21(19,20)13-8-6-12(7-9-13)11(2)18/h3-9,17H,1-2H3. The molecule has 0 spiro atoms. The predicted molar refractivity (Wildman–Crippen MR) is 78.4 cm³/mol. The third kappa shape index (κ3) is 3.28. The quantitative estimate of drug-likeness (QED) is 0.883. The van der Waals surface area contributed by atoms with Crippen molar-refractivity contribution in [2.24, 2.45) is 0 Å². The van der Waals surface area contributed by atoms with E-state index < -0.39 is 15.8 Å². The maximum Gasteiger partial charge on any atom is 0.261 e. The summed E-state index contributed by atoms with van der Waals surface area (Å²) in [6, 6.07) is 9.74. The fraction of sp³-hybridized carbons (Fsp3) is 0.133. The van der Waals surface area contributed by atoms with Crippen molar-refractivity contribution < 1.29 is 17.6 Å². The maximum atomic E-state index is 13.4. The van der Waals surface area contributed by atoms with Crippen molar-refractivity contribution in [3.05, 3.63) is 59.4 Å². The summed E-state index contributed by atoms with van der Waals surface area (Å²) < 4.78 is 40.2. The van der Waals surface area contributed by atoms with Crippen LogP contribution in [0.5, 0.6) is 0 Å². The Balaban J connectivity index is 2.34. The van der Waals surface area contributed by atoms with Gasteiger partial charge in [-0.05, 0) is 38.1 Å². The number of carbonyl (C=O) groups is 1. The van der Waals surface area contributed by atoms with E-state index in [1.165, 1.54) is 56.3 Å². The Hall–Kier alpha value is -2.21. The van der Waals surface area contributed by atoms with E-state index in [0.717, 1.165) is 0 Å². The second kappa shape index (κ2) is 5.65. The largest absolute Gasteiger partial charge is 0.295 e. The predicted octanol–water partition coefficient (Wildman–Crippen LogP) is 3.14. The first-order chi connectivity index (χ1) is 9.81. The van der Waals surface area contributed by atoms with Crippen LogP contribution >= 0.6 is 0 Å². The van der Waals surface area contributed by atoms with Gasteiger partial charge in [0.1, 0.15) is 5.82 Å². The fourth-order valence-corrected chi connectivity index (χ4v) is 2.91. The summed E-state index contributed by atoms with van der Waals surface area (Å²) in [5.74, 6) is -0.630. The Kier molecular flexibility index (Phi) is 4.09. The average Bonchev–Trinajstić information content (AvgIpc) is 2.44. The van der Waals surface area contributed by atoms with Gasteiger partial charge in [0.15, 0.2) is 5.78 Å². The zero-order valence-corrected chi connectivity index (χ0v) is 12.4. The highest BCUT2D eigenvalue weighted by Crippen LogP contribution is 2.21. The van der Waals surface area contributed by atoms with Crippen LogP contribution in [0.15, 0.2) is 47.4 Å². The molecule has 0 bridgehead atoms. The van der Waals surface area contributed by atoms with Crippen molar-refractivity contribution >= 4 is 21.5 Å². The summed E-state index contributed by atoms with van der Waals surface area (Å²) in [6.45, 7) is 2.89. The summed E-state index contributed by atoms with van der Waals surface area (Å²) >= 11 is 0. The lowest BCUT2D eigenvalue weighted by Crippen LogP contribution is -2.14. The SMILES string of the molecule is CC(=O)c1ccc(S(=O)(=O)Nc2cccc(F)c2C)cc1. The normalized spacial score (nSPS) is 11.2. The zero-order valence-electron chi connectivity index (χ0n) is 11.6. The van der Waals surface area contributed by atoms with Gasteiger partial charge >= 0.3 is 0 Å². The highest BCUT2D eigenvalue weighted by Gasteiger charge is 2.16. The van der Waals surface area contributed by atoms with Crippen LogP contribution in [0.1, 0.15) is 22.8 Å². The van der Waals surface area contributed by atoms with Crippen molar-refractivity contribution in [2.45, 2.75) is 18.7 Å². The smallest absolute Gasteiger partial charge is 0.261 e. The van der Waals surface area contributed by atoms with Crippen LogP contribution in [0.2, 0.25) is 0 Å². The van der Waals surface area contributed by atoms with Gasteiger partial charge < -0.3 is 0 Å². The second-order valence-corrected chi connectivity index (χ2v) is 6.28. The molecule has 0 amide bonds. The van der Waals surface area contributed by atoms with Crippen LogP contribution in [-0.2, 0) is 10.0 Å². The molecule has 0 aromatic heterocycles. The number of rotatable bonds is 4. The molecule has 0 aliphatic carbocycles. The number of anilines is 1. The number of hydrogen-bond donors (Lipinski definition) is 1. The molecule has 0 aliphatic heterocycles. The van der Waals surface area contributed by atoms with E-state index in [4.69, 9.17) is 0 Å². The van der Waals surface area contributed by atoms with E-state index in [0.29, 0.717) is 5.56 Å². The van der Waals surface area contributed by atoms with Crippen LogP contribution in [0.3, 0.4) is 0 Å². The Morgan fingerprint density at radius 1 is 1.10 bits per heavy atom. The minimum Gasteiger partial charge on any atom is -0.295 e. The number of hydrogen-bond acceptors (Lipinski definition) is 3. The lowest BCUT2D eigenvalue weighted by molar-refractivity contribution is 0.101. The van der Waals surface area contributed by atoms with Crippen LogP contribution in [0.25, 0.3) is 0 Å².